The molecule has 4 rings (SSSR count). The van der Waals surface area contributed by atoms with Crippen LogP contribution in [-0.4, -0.2) is 35.3 Å². The first-order valence-electron chi connectivity index (χ1n) is 8.93. The smallest absolute Gasteiger partial charge is 0.263 e. The normalized spacial score (nSPS) is 11.1. The second-order valence-electron chi connectivity index (χ2n) is 6.37. The van der Waals surface area contributed by atoms with Crippen molar-refractivity contribution in [1.82, 2.24) is 30.2 Å². The number of rotatable bonds is 6. The summed E-state index contributed by atoms with van der Waals surface area (Å²) >= 11 is 0. The van der Waals surface area contributed by atoms with E-state index in [4.69, 9.17) is 4.74 Å². The molecule has 0 amide bonds. The number of nitrogens with zero attached hydrogens (tertiary/aromatic N) is 6. The van der Waals surface area contributed by atoms with E-state index in [1.165, 1.54) is 29.1 Å². The summed E-state index contributed by atoms with van der Waals surface area (Å²) in [5.41, 5.74) is 3.06. The van der Waals surface area contributed by atoms with Crippen molar-refractivity contribution in [3.8, 4) is 28.7 Å². The van der Waals surface area contributed by atoms with Crippen molar-refractivity contribution in [2.45, 2.75) is 20.0 Å². The minimum atomic E-state index is -2.53. The molecule has 1 N–H and O–H groups in total. The van der Waals surface area contributed by atoms with E-state index >= 15 is 0 Å². The first kappa shape index (κ1) is 19.4. The molecule has 0 aliphatic heterocycles. The zero-order valence-electron chi connectivity index (χ0n) is 15.8. The second kappa shape index (κ2) is 8.19. The van der Waals surface area contributed by atoms with E-state index in [1.807, 2.05) is 0 Å². The van der Waals surface area contributed by atoms with Crippen LogP contribution >= 0.6 is 0 Å². The van der Waals surface area contributed by atoms with E-state index in [0.29, 0.717) is 28.3 Å². The molecule has 0 aliphatic carbocycles. The highest BCUT2D eigenvalue weighted by Gasteiger charge is 2.14. The predicted octanol–water partition coefficient (Wildman–Crippen LogP) is 3.65. The average molecular weight is 410 g/mol. The molecule has 0 unspecified atom stereocenters. The SMILES string of the molecule is Cc1nnn(-c2ccc(C(F)F)cc2)c1COc1ccc(-c2ccnc(O)c2)nn1. The Kier molecular flexibility index (Phi) is 5.29. The van der Waals surface area contributed by atoms with Crippen LogP contribution in [-0.2, 0) is 6.61 Å². The lowest BCUT2D eigenvalue weighted by atomic mass is 10.2. The summed E-state index contributed by atoms with van der Waals surface area (Å²) < 4.78 is 32.8. The number of hydrogen-bond donors (Lipinski definition) is 1. The zero-order valence-corrected chi connectivity index (χ0v) is 15.8. The summed E-state index contributed by atoms with van der Waals surface area (Å²) in [5, 5.41) is 25.7. The third kappa shape index (κ3) is 4.07. The van der Waals surface area contributed by atoms with Gasteiger partial charge in [-0.3, -0.25) is 0 Å². The standard InChI is InChI=1S/C20H16F2N6O2/c1-12-17(28(27-24-12)15-4-2-13(3-5-15)20(21)22)11-30-19-7-6-16(25-26-19)14-8-9-23-18(29)10-14/h2-10,20H,11H2,1H3,(H,23,29). The molecule has 0 bridgehead atoms. The molecule has 0 aliphatic rings. The maximum atomic E-state index is 12.8. The number of aromatic hydroxyl groups is 1. The molecule has 0 saturated heterocycles. The Balaban J connectivity index is 1.50. The van der Waals surface area contributed by atoms with Gasteiger partial charge in [0.25, 0.3) is 6.43 Å². The van der Waals surface area contributed by atoms with Crippen LogP contribution in [0.1, 0.15) is 23.4 Å². The van der Waals surface area contributed by atoms with E-state index in [2.05, 4.69) is 25.5 Å². The van der Waals surface area contributed by atoms with E-state index in [9.17, 15) is 13.9 Å². The lowest BCUT2D eigenvalue weighted by Gasteiger charge is -2.09. The van der Waals surface area contributed by atoms with Crippen molar-refractivity contribution in [1.29, 1.82) is 0 Å². The van der Waals surface area contributed by atoms with Crippen LogP contribution < -0.4 is 4.74 Å². The van der Waals surface area contributed by atoms with Crippen LogP contribution in [0.2, 0.25) is 0 Å². The number of aromatic nitrogens is 6. The van der Waals surface area contributed by atoms with Crippen LogP contribution in [0.25, 0.3) is 16.9 Å². The topological polar surface area (TPSA) is 98.8 Å². The van der Waals surface area contributed by atoms with Crippen LogP contribution in [0.5, 0.6) is 11.8 Å². The maximum absolute atomic E-state index is 12.8. The molecule has 1 aromatic carbocycles. The van der Waals surface area contributed by atoms with Gasteiger partial charge in [-0.1, -0.05) is 17.3 Å². The Morgan fingerprint density at radius 2 is 1.83 bits per heavy atom. The number of pyridine rings is 1. The molecule has 10 heteroatoms. The summed E-state index contributed by atoms with van der Waals surface area (Å²) in [6, 6.07) is 12.4. The van der Waals surface area contributed by atoms with Crippen LogP contribution in [0.3, 0.4) is 0 Å². The van der Waals surface area contributed by atoms with Crippen molar-refractivity contribution >= 4 is 0 Å². The van der Waals surface area contributed by atoms with Gasteiger partial charge in [-0.05, 0) is 31.2 Å². The van der Waals surface area contributed by atoms with Crippen LogP contribution in [0.15, 0.2) is 54.7 Å². The number of benzene rings is 1. The monoisotopic (exact) mass is 410 g/mol. The molecule has 3 aromatic heterocycles. The van der Waals surface area contributed by atoms with Gasteiger partial charge in [0.05, 0.1) is 17.1 Å². The summed E-state index contributed by atoms with van der Waals surface area (Å²) in [6.45, 7) is 1.89. The fraction of sp³-hybridized carbons (Fsp3) is 0.150. The number of ether oxygens (including phenoxy) is 1. The molecule has 30 heavy (non-hydrogen) atoms. The van der Waals surface area contributed by atoms with Gasteiger partial charge >= 0.3 is 0 Å². The minimum absolute atomic E-state index is 0.0636. The zero-order chi connectivity index (χ0) is 21.1. The number of aryl methyl sites for hydroxylation is 1. The number of halogens is 2. The van der Waals surface area contributed by atoms with Gasteiger partial charge in [0, 0.05) is 29.5 Å². The Morgan fingerprint density at radius 1 is 1.03 bits per heavy atom. The van der Waals surface area contributed by atoms with E-state index in [-0.39, 0.29) is 23.9 Å². The first-order valence-corrected chi connectivity index (χ1v) is 8.93. The molecular weight excluding hydrogens is 394 g/mol. The van der Waals surface area contributed by atoms with Gasteiger partial charge in [-0.2, -0.15) is 0 Å². The Morgan fingerprint density at radius 3 is 2.50 bits per heavy atom. The van der Waals surface area contributed by atoms with Crippen molar-refractivity contribution in [3.05, 3.63) is 71.7 Å². The Bertz CT molecular complexity index is 1150. The average Bonchev–Trinajstić information content (AvgIpc) is 3.13. The maximum Gasteiger partial charge on any atom is 0.263 e. The van der Waals surface area contributed by atoms with E-state index in [0.717, 1.165) is 0 Å². The third-order valence-corrected chi connectivity index (χ3v) is 4.39. The molecule has 152 valence electrons. The van der Waals surface area contributed by atoms with Gasteiger partial charge in [0.1, 0.15) is 12.3 Å². The summed E-state index contributed by atoms with van der Waals surface area (Å²) in [7, 11) is 0. The van der Waals surface area contributed by atoms with Crippen molar-refractivity contribution in [2.24, 2.45) is 0 Å². The van der Waals surface area contributed by atoms with Crippen molar-refractivity contribution < 1.29 is 18.6 Å². The Hall–Kier alpha value is -3.95. The van der Waals surface area contributed by atoms with Crippen molar-refractivity contribution in [3.63, 3.8) is 0 Å². The molecule has 8 nitrogen and oxygen atoms in total. The highest BCUT2D eigenvalue weighted by atomic mass is 19.3. The minimum Gasteiger partial charge on any atom is -0.493 e. The van der Waals surface area contributed by atoms with Gasteiger partial charge in [0.15, 0.2) is 0 Å². The molecule has 3 heterocycles. The van der Waals surface area contributed by atoms with Gasteiger partial charge in [-0.15, -0.1) is 15.3 Å². The quantitative estimate of drug-likeness (QED) is 0.518. The third-order valence-electron chi connectivity index (χ3n) is 4.39. The van der Waals surface area contributed by atoms with Crippen molar-refractivity contribution in [2.75, 3.05) is 0 Å². The Labute approximate surface area is 169 Å². The van der Waals surface area contributed by atoms with E-state index in [1.54, 1.807) is 37.3 Å². The summed E-state index contributed by atoms with van der Waals surface area (Å²) in [5.74, 6) is 0.185. The lowest BCUT2D eigenvalue weighted by molar-refractivity contribution is 0.151. The fourth-order valence-corrected chi connectivity index (χ4v) is 2.78. The molecular formula is C20H16F2N6O2. The molecule has 0 spiro atoms. The van der Waals surface area contributed by atoms with Gasteiger partial charge in [-0.25, -0.2) is 18.4 Å². The van der Waals surface area contributed by atoms with Gasteiger partial charge in [0.2, 0.25) is 11.8 Å². The summed E-state index contributed by atoms with van der Waals surface area (Å²) in [6.07, 6.45) is -1.06. The van der Waals surface area contributed by atoms with Gasteiger partial charge < -0.3 is 9.84 Å². The summed E-state index contributed by atoms with van der Waals surface area (Å²) in [4.78, 5) is 3.73. The molecule has 0 atom stereocenters. The van der Waals surface area contributed by atoms with Crippen LogP contribution in [0.4, 0.5) is 8.78 Å². The fourth-order valence-electron chi connectivity index (χ4n) is 2.78. The van der Waals surface area contributed by atoms with E-state index < -0.39 is 6.43 Å². The second-order valence-corrected chi connectivity index (χ2v) is 6.37. The highest BCUT2D eigenvalue weighted by molar-refractivity contribution is 5.59. The number of alkyl halides is 2. The molecule has 4 aromatic rings. The molecule has 0 saturated carbocycles. The largest absolute Gasteiger partial charge is 0.493 e. The first-order chi connectivity index (χ1) is 14.5. The lowest BCUT2D eigenvalue weighted by Crippen LogP contribution is -2.08. The van der Waals surface area contributed by atoms with Crippen LogP contribution in [0, 0.1) is 6.92 Å². The predicted molar refractivity (Wildman–Crippen MR) is 102 cm³/mol. The molecule has 0 fully saturated rings. The highest BCUT2D eigenvalue weighted by Crippen LogP contribution is 2.22. The number of hydrogen-bond acceptors (Lipinski definition) is 7. The molecule has 0 radical (unpaired) electrons.